The number of carbonyl (C=O) groups excluding carboxylic acids is 1. The summed E-state index contributed by atoms with van der Waals surface area (Å²) in [5, 5.41) is 3.39. The molecule has 1 aliphatic carbocycles. The summed E-state index contributed by atoms with van der Waals surface area (Å²) in [5.41, 5.74) is 0. The zero-order valence-corrected chi connectivity index (χ0v) is 12.7. The molecule has 1 N–H and O–H groups in total. The van der Waals surface area contributed by atoms with Gasteiger partial charge in [0.05, 0.1) is 12.7 Å². The number of hydrogen-bond acceptors (Lipinski definition) is 4. The first-order chi connectivity index (χ1) is 9.79. The normalized spacial score (nSPS) is 25.6. The Labute approximate surface area is 122 Å². The van der Waals surface area contributed by atoms with Crippen molar-refractivity contribution < 1.29 is 14.3 Å². The third kappa shape index (κ3) is 5.06. The van der Waals surface area contributed by atoms with Gasteiger partial charge in [0.1, 0.15) is 6.04 Å². The molecule has 0 aromatic heterocycles. The highest BCUT2D eigenvalue weighted by molar-refractivity contribution is 5.75. The molecule has 2 atom stereocenters. The lowest BCUT2D eigenvalue weighted by Crippen LogP contribution is -2.43. The number of nitrogens with one attached hydrogen (secondary N) is 1. The van der Waals surface area contributed by atoms with E-state index in [1.807, 2.05) is 6.92 Å². The van der Waals surface area contributed by atoms with E-state index in [2.05, 4.69) is 5.32 Å². The topological polar surface area (TPSA) is 47.6 Å². The van der Waals surface area contributed by atoms with E-state index >= 15 is 0 Å². The highest BCUT2D eigenvalue weighted by atomic mass is 16.5. The molecule has 116 valence electrons. The van der Waals surface area contributed by atoms with E-state index in [0.717, 1.165) is 32.4 Å². The molecule has 1 heterocycles. The number of hydrogen-bond donors (Lipinski definition) is 1. The van der Waals surface area contributed by atoms with Crippen LogP contribution in [-0.2, 0) is 14.3 Å². The Bertz CT molecular complexity index is 283. The van der Waals surface area contributed by atoms with Crippen LogP contribution in [0.1, 0.15) is 58.3 Å². The van der Waals surface area contributed by atoms with Gasteiger partial charge in [-0.2, -0.15) is 0 Å². The standard InChI is InChI=1S/C16H29NO3/c1-2-19-16(18)15(11-13-7-4-3-5-8-13)17-12-14-9-6-10-20-14/h13-15,17H,2-12H2,1H3. The summed E-state index contributed by atoms with van der Waals surface area (Å²) in [6.45, 7) is 3.96. The molecule has 0 aromatic rings. The van der Waals surface area contributed by atoms with Crippen molar-refractivity contribution >= 4 is 5.97 Å². The van der Waals surface area contributed by atoms with E-state index in [1.54, 1.807) is 0 Å². The molecule has 4 heteroatoms. The molecule has 2 unspecified atom stereocenters. The quantitative estimate of drug-likeness (QED) is 0.730. The molecule has 2 fully saturated rings. The summed E-state index contributed by atoms with van der Waals surface area (Å²) in [6.07, 6.45) is 9.94. The monoisotopic (exact) mass is 283 g/mol. The molecule has 0 amide bonds. The van der Waals surface area contributed by atoms with Crippen LogP contribution in [0.5, 0.6) is 0 Å². The molecule has 1 aliphatic heterocycles. The summed E-state index contributed by atoms with van der Waals surface area (Å²) in [7, 11) is 0. The Morgan fingerprint density at radius 1 is 1.25 bits per heavy atom. The average Bonchev–Trinajstić information content (AvgIpc) is 2.98. The molecular formula is C16H29NO3. The maximum absolute atomic E-state index is 12.1. The predicted octanol–water partition coefficient (Wildman–Crippen LogP) is 2.66. The summed E-state index contributed by atoms with van der Waals surface area (Å²) in [4.78, 5) is 12.1. The first kappa shape index (κ1) is 15.8. The van der Waals surface area contributed by atoms with Crippen LogP contribution in [-0.4, -0.2) is 37.9 Å². The Balaban J connectivity index is 1.80. The predicted molar refractivity (Wildman–Crippen MR) is 78.6 cm³/mol. The second kappa shape index (κ2) is 8.63. The maximum Gasteiger partial charge on any atom is 0.323 e. The third-order valence-corrected chi connectivity index (χ3v) is 4.48. The summed E-state index contributed by atoms with van der Waals surface area (Å²) >= 11 is 0. The van der Waals surface area contributed by atoms with Crippen LogP contribution >= 0.6 is 0 Å². The Hall–Kier alpha value is -0.610. The lowest BCUT2D eigenvalue weighted by Gasteiger charge is -2.26. The minimum absolute atomic E-state index is 0.0870. The summed E-state index contributed by atoms with van der Waals surface area (Å²) in [5.74, 6) is 0.589. The van der Waals surface area contributed by atoms with Crippen LogP contribution in [0.15, 0.2) is 0 Å². The van der Waals surface area contributed by atoms with Gasteiger partial charge in [-0.25, -0.2) is 0 Å². The van der Waals surface area contributed by atoms with Gasteiger partial charge < -0.3 is 14.8 Å². The van der Waals surface area contributed by atoms with Crippen LogP contribution in [0.4, 0.5) is 0 Å². The fourth-order valence-corrected chi connectivity index (χ4v) is 3.34. The number of carbonyl (C=O) groups is 1. The van der Waals surface area contributed by atoms with Crippen molar-refractivity contribution in [1.82, 2.24) is 5.32 Å². The zero-order valence-electron chi connectivity index (χ0n) is 12.7. The third-order valence-electron chi connectivity index (χ3n) is 4.48. The largest absolute Gasteiger partial charge is 0.465 e. The van der Waals surface area contributed by atoms with E-state index in [0.29, 0.717) is 12.5 Å². The van der Waals surface area contributed by atoms with E-state index in [1.165, 1.54) is 32.1 Å². The first-order valence-corrected chi connectivity index (χ1v) is 8.31. The zero-order chi connectivity index (χ0) is 14.2. The van der Waals surface area contributed by atoms with Crippen LogP contribution < -0.4 is 5.32 Å². The van der Waals surface area contributed by atoms with Gasteiger partial charge in [0.15, 0.2) is 0 Å². The number of esters is 1. The SMILES string of the molecule is CCOC(=O)C(CC1CCCCC1)NCC1CCCO1. The summed E-state index contributed by atoms with van der Waals surface area (Å²) < 4.78 is 10.8. The van der Waals surface area contributed by atoms with Crippen molar-refractivity contribution in [2.75, 3.05) is 19.8 Å². The van der Waals surface area contributed by atoms with Crippen molar-refractivity contribution in [1.29, 1.82) is 0 Å². The van der Waals surface area contributed by atoms with Crippen molar-refractivity contribution in [2.24, 2.45) is 5.92 Å². The fourth-order valence-electron chi connectivity index (χ4n) is 3.34. The van der Waals surface area contributed by atoms with Gasteiger partial charge in [0.25, 0.3) is 0 Å². The van der Waals surface area contributed by atoms with E-state index in [-0.39, 0.29) is 18.1 Å². The lowest BCUT2D eigenvalue weighted by molar-refractivity contribution is -0.146. The molecule has 2 rings (SSSR count). The van der Waals surface area contributed by atoms with Crippen molar-refractivity contribution in [3.05, 3.63) is 0 Å². The minimum atomic E-state index is -0.151. The second-order valence-corrected chi connectivity index (χ2v) is 6.09. The molecular weight excluding hydrogens is 254 g/mol. The first-order valence-electron chi connectivity index (χ1n) is 8.31. The summed E-state index contributed by atoms with van der Waals surface area (Å²) in [6, 6.07) is -0.151. The van der Waals surface area contributed by atoms with Crippen LogP contribution in [0.2, 0.25) is 0 Å². The Morgan fingerprint density at radius 2 is 2.05 bits per heavy atom. The molecule has 2 aliphatic rings. The number of ether oxygens (including phenoxy) is 2. The minimum Gasteiger partial charge on any atom is -0.465 e. The van der Waals surface area contributed by atoms with Gasteiger partial charge in [-0.3, -0.25) is 4.79 Å². The molecule has 0 bridgehead atoms. The number of rotatable bonds is 7. The lowest BCUT2D eigenvalue weighted by atomic mass is 9.85. The molecule has 20 heavy (non-hydrogen) atoms. The van der Waals surface area contributed by atoms with Gasteiger partial charge in [-0.05, 0) is 32.1 Å². The van der Waals surface area contributed by atoms with Gasteiger partial charge >= 0.3 is 5.97 Å². The molecule has 0 spiro atoms. The highest BCUT2D eigenvalue weighted by Crippen LogP contribution is 2.27. The van der Waals surface area contributed by atoms with Gasteiger partial charge in [-0.15, -0.1) is 0 Å². The Kier molecular flexibility index (Phi) is 6.80. The molecule has 0 radical (unpaired) electrons. The molecule has 1 saturated heterocycles. The molecule has 0 aromatic carbocycles. The van der Waals surface area contributed by atoms with E-state index in [9.17, 15) is 4.79 Å². The average molecular weight is 283 g/mol. The van der Waals surface area contributed by atoms with Crippen molar-refractivity contribution in [3.63, 3.8) is 0 Å². The molecule has 1 saturated carbocycles. The maximum atomic E-state index is 12.1. The van der Waals surface area contributed by atoms with Crippen LogP contribution in [0, 0.1) is 5.92 Å². The smallest absolute Gasteiger partial charge is 0.323 e. The van der Waals surface area contributed by atoms with Crippen molar-refractivity contribution in [3.8, 4) is 0 Å². The highest BCUT2D eigenvalue weighted by Gasteiger charge is 2.26. The second-order valence-electron chi connectivity index (χ2n) is 6.09. The van der Waals surface area contributed by atoms with Gasteiger partial charge in [0, 0.05) is 13.2 Å². The Morgan fingerprint density at radius 3 is 2.70 bits per heavy atom. The van der Waals surface area contributed by atoms with Crippen molar-refractivity contribution in [2.45, 2.75) is 70.4 Å². The molecule has 4 nitrogen and oxygen atoms in total. The van der Waals surface area contributed by atoms with Crippen LogP contribution in [0.3, 0.4) is 0 Å². The van der Waals surface area contributed by atoms with Gasteiger partial charge in [0.2, 0.25) is 0 Å². The van der Waals surface area contributed by atoms with Crippen LogP contribution in [0.25, 0.3) is 0 Å². The van der Waals surface area contributed by atoms with E-state index in [4.69, 9.17) is 9.47 Å². The fraction of sp³-hybridized carbons (Fsp3) is 0.938. The van der Waals surface area contributed by atoms with E-state index < -0.39 is 0 Å². The van der Waals surface area contributed by atoms with Gasteiger partial charge in [-0.1, -0.05) is 32.1 Å².